The predicted molar refractivity (Wildman–Crippen MR) is 99.6 cm³/mol. The largest absolute Gasteiger partial charge is 0.495 e. The molecule has 1 amide bonds. The Kier molecular flexibility index (Phi) is 5.12. The van der Waals surface area contributed by atoms with Crippen molar-refractivity contribution < 1.29 is 13.9 Å². The zero-order valence-corrected chi connectivity index (χ0v) is 14.4. The smallest absolute Gasteiger partial charge is 0.274 e. The molecule has 1 heterocycles. The molecule has 0 unspecified atom stereocenters. The van der Waals surface area contributed by atoms with E-state index in [1.54, 1.807) is 37.4 Å². The molecule has 26 heavy (non-hydrogen) atoms. The maximum atomic E-state index is 13.2. The summed E-state index contributed by atoms with van der Waals surface area (Å²) >= 11 is 0. The SMILES string of the molecule is COc1ccc(C)cc1NC(=O)c1ccc(Nc2cccc(F)c2)cn1. The van der Waals surface area contributed by atoms with Crippen molar-refractivity contribution in [2.45, 2.75) is 6.92 Å². The first kappa shape index (κ1) is 17.4. The highest BCUT2D eigenvalue weighted by molar-refractivity contribution is 6.03. The summed E-state index contributed by atoms with van der Waals surface area (Å²) in [5.41, 5.74) is 3.11. The van der Waals surface area contributed by atoms with Gasteiger partial charge in [0.1, 0.15) is 17.3 Å². The van der Waals surface area contributed by atoms with Crippen LogP contribution in [0.4, 0.5) is 21.5 Å². The lowest BCUT2D eigenvalue weighted by molar-refractivity contribution is 0.102. The van der Waals surface area contributed by atoms with Crippen molar-refractivity contribution in [2.75, 3.05) is 17.7 Å². The highest BCUT2D eigenvalue weighted by Crippen LogP contribution is 2.25. The third-order valence-corrected chi connectivity index (χ3v) is 3.71. The van der Waals surface area contributed by atoms with Crippen molar-refractivity contribution >= 4 is 23.0 Å². The minimum Gasteiger partial charge on any atom is -0.495 e. The normalized spacial score (nSPS) is 10.3. The number of ether oxygens (including phenoxy) is 1. The summed E-state index contributed by atoms with van der Waals surface area (Å²) in [6, 6.07) is 14.9. The monoisotopic (exact) mass is 351 g/mol. The van der Waals surface area contributed by atoms with E-state index in [2.05, 4.69) is 15.6 Å². The van der Waals surface area contributed by atoms with Gasteiger partial charge in [-0.15, -0.1) is 0 Å². The first-order chi connectivity index (χ1) is 12.5. The minimum absolute atomic E-state index is 0.262. The van der Waals surface area contributed by atoms with Crippen molar-refractivity contribution in [1.82, 2.24) is 4.98 Å². The predicted octanol–water partition coefficient (Wildman–Crippen LogP) is 4.53. The third-order valence-electron chi connectivity index (χ3n) is 3.71. The average molecular weight is 351 g/mol. The molecule has 3 aromatic rings. The Labute approximate surface area is 150 Å². The Morgan fingerprint density at radius 3 is 2.62 bits per heavy atom. The topological polar surface area (TPSA) is 63.2 Å². The maximum Gasteiger partial charge on any atom is 0.274 e. The summed E-state index contributed by atoms with van der Waals surface area (Å²) in [4.78, 5) is 16.6. The second kappa shape index (κ2) is 7.65. The molecule has 2 aromatic carbocycles. The number of carbonyl (C=O) groups excluding carboxylic acids is 1. The van der Waals surface area contributed by atoms with Crippen molar-refractivity contribution in [3.63, 3.8) is 0 Å². The van der Waals surface area contributed by atoms with Crippen molar-refractivity contribution in [2.24, 2.45) is 0 Å². The highest BCUT2D eigenvalue weighted by Gasteiger charge is 2.11. The number of aromatic nitrogens is 1. The van der Waals surface area contributed by atoms with Gasteiger partial charge in [0.2, 0.25) is 0 Å². The molecular weight excluding hydrogens is 333 g/mol. The molecule has 1 aromatic heterocycles. The van der Waals surface area contributed by atoms with E-state index in [1.165, 1.54) is 18.3 Å². The Morgan fingerprint density at radius 1 is 1.08 bits per heavy atom. The summed E-state index contributed by atoms with van der Waals surface area (Å²) in [7, 11) is 1.55. The van der Waals surface area contributed by atoms with Crippen LogP contribution in [-0.4, -0.2) is 18.0 Å². The van der Waals surface area contributed by atoms with Crippen LogP contribution < -0.4 is 15.4 Å². The number of anilines is 3. The van der Waals surface area contributed by atoms with Gasteiger partial charge in [0.05, 0.1) is 24.7 Å². The molecular formula is C20H18FN3O2. The van der Waals surface area contributed by atoms with E-state index in [4.69, 9.17) is 4.74 Å². The van der Waals surface area contributed by atoms with Crippen LogP contribution in [0.2, 0.25) is 0 Å². The lowest BCUT2D eigenvalue weighted by atomic mass is 10.2. The van der Waals surface area contributed by atoms with E-state index in [0.29, 0.717) is 22.8 Å². The molecule has 0 bridgehead atoms. The summed E-state index contributed by atoms with van der Waals surface area (Å²) in [6.45, 7) is 1.93. The number of nitrogens with one attached hydrogen (secondary N) is 2. The fourth-order valence-electron chi connectivity index (χ4n) is 2.44. The fraction of sp³-hybridized carbons (Fsp3) is 0.100. The van der Waals surface area contributed by atoms with Crippen LogP contribution in [0, 0.1) is 12.7 Å². The third kappa shape index (κ3) is 4.16. The summed E-state index contributed by atoms with van der Waals surface area (Å²) in [5, 5.41) is 5.83. The number of halogens is 1. The van der Waals surface area contributed by atoms with Gasteiger partial charge in [-0.2, -0.15) is 0 Å². The quantitative estimate of drug-likeness (QED) is 0.709. The van der Waals surface area contributed by atoms with Crippen LogP contribution in [0.3, 0.4) is 0 Å². The van der Waals surface area contributed by atoms with Crippen LogP contribution in [-0.2, 0) is 0 Å². The summed E-state index contributed by atoms with van der Waals surface area (Å²) < 4.78 is 18.5. The van der Waals surface area contributed by atoms with Crippen molar-refractivity contribution in [3.8, 4) is 5.75 Å². The maximum absolute atomic E-state index is 13.2. The molecule has 0 aliphatic carbocycles. The van der Waals surface area contributed by atoms with Gasteiger partial charge >= 0.3 is 0 Å². The van der Waals surface area contributed by atoms with E-state index < -0.39 is 0 Å². The fourth-order valence-corrected chi connectivity index (χ4v) is 2.44. The van der Waals surface area contributed by atoms with Crippen molar-refractivity contribution in [1.29, 1.82) is 0 Å². The Hall–Kier alpha value is -3.41. The van der Waals surface area contributed by atoms with Gasteiger partial charge < -0.3 is 15.4 Å². The standard InChI is InChI=1S/C20H18FN3O2/c1-13-6-9-19(26-2)18(10-13)24-20(25)17-8-7-16(12-22-17)23-15-5-3-4-14(21)11-15/h3-12,23H,1-2H3,(H,24,25). The number of pyridine rings is 1. The molecule has 0 radical (unpaired) electrons. The molecule has 0 fully saturated rings. The van der Waals surface area contributed by atoms with Gasteiger partial charge in [-0.05, 0) is 55.0 Å². The van der Waals surface area contributed by atoms with E-state index in [0.717, 1.165) is 5.56 Å². The van der Waals surface area contributed by atoms with Gasteiger partial charge in [0.25, 0.3) is 5.91 Å². The molecule has 0 saturated carbocycles. The average Bonchev–Trinajstić information content (AvgIpc) is 2.62. The molecule has 132 valence electrons. The van der Waals surface area contributed by atoms with Crippen LogP contribution >= 0.6 is 0 Å². The number of aryl methyl sites for hydroxylation is 1. The van der Waals surface area contributed by atoms with Gasteiger partial charge in [0, 0.05) is 5.69 Å². The second-order valence-electron chi connectivity index (χ2n) is 5.73. The molecule has 6 heteroatoms. The van der Waals surface area contributed by atoms with Crippen molar-refractivity contribution in [3.05, 3.63) is 77.9 Å². The van der Waals surface area contributed by atoms with Crippen LogP contribution in [0.25, 0.3) is 0 Å². The van der Waals surface area contributed by atoms with Gasteiger partial charge in [-0.1, -0.05) is 12.1 Å². The number of hydrogen-bond donors (Lipinski definition) is 2. The number of carbonyl (C=O) groups is 1. The number of amides is 1. The minimum atomic E-state index is -0.341. The summed E-state index contributed by atoms with van der Waals surface area (Å²) in [6.07, 6.45) is 1.52. The van der Waals surface area contributed by atoms with Crippen LogP contribution in [0.15, 0.2) is 60.8 Å². The number of methoxy groups -OCH3 is 1. The Morgan fingerprint density at radius 2 is 1.92 bits per heavy atom. The number of benzene rings is 2. The molecule has 3 rings (SSSR count). The molecule has 0 spiro atoms. The molecule has 0 aliphatic rings. The van der Waals surface area contributed by atoms with E-state index in [-0.39, 0.29) is 17.4 Å². The molecule has 2 N–H and O–H groups in total. The number of nitrogens with zero attached hydrogens (tertiary/aromatic N) is 1. The molecule has 5 nitrogen and oxygen atoms in total. The Bertz CT molecular complexity index is 927. The van der Waals surface area contributed by atoms with Crippen LogP contribution in [0.5, 0.6) is 5.75 Å². The zero-order chi connectivity index (χ0) is 18.5. The van der Waals surface area contributed by atoms with E-state index >= 15 is 0 Å². The highest BCUT2D eigenvalue weighted by atomic mass is 19.1. The summed E-state index contributed by atoms with van der Waals surface area (Å²) in [5.74, 6) is -0.0920. The lowest BCUT2D eigenvalue weighted by Crippen LogP contribution is -2.14. The second-order valence-corrected chi connectivity index (χ2v) is 5.73. The first-order valence-corrected chi connectivity index (χ1v) is 8.00. The molecule has 0 saturated heterocycles. The van der Waals surface area contributed by atoms with E-state index in [9.17, 15) is 9.18 Å². The van der Waals surface area contributed by atoms with Gasteiger partial charge in [-0.25, -0.2) is 9.37 Å². The molecule has 0 atom stereocenters. The number of rotatable bonds is 5. The Balaban J connectivity index is 1.72. The number of hydrogen-bond acceptors (Lipinski definition) is 4. The molecule has 0 aliphatic heterocycles. The lowest BCUT2D eigenvalue weighted by Gasteiger charge is -2.11. The van der Waals surface area contributed by atoms with Crippen LogP contribution in [0.1, 0.15) is 16.1 Å². The first-order valence-electron chi connectivity index (χ1n) is 8.00. The van der Waals surface area contributed by atoms with Gasteiger partial charge in [-0.3, -0.25) is 4.79 Å². The van der Waals surface area contributed by atoms with E-state index in [1.807, 2.05) is 19.1 Å². The van der Waals surface area contributed by atoms with Gasteiger partial charge in [0.15, 0.2) is 0 Å². The zero-order valence-electron chi connectivity index (χ0n) is 14.4.